The van der Waals surface area contributed by atoms with Crippen molar-refractivity contribution >= 4 is 6.41 Å². The van der Waals surface area contributed by atoms with Gasteiger partial charge in [0.1, 0.15) is 6.23 Å². The average Bonchev–Trinajstić information content (AvgIpc) is 2.14. The Hall–Kier alpha value is -0.570. The Morgan fingerprint density at radius 1 is 1.43 bits per heavy atom. The minimum Gasteiger partial charge on any atom is -0.358 e. The number of hydrogen-bond acceptors (Lipinski definition) is 2. The fraction of sp³-hybridized carbons (Fsp3) is 0.909. The van der Waals surface area contributed by atoms with E-state index >= 15 is 0 Å². The minimum atomic E-state index is 0.00574. The normalized spacial score (nSPS) is 33.1. The van der Waals surface area contributed by atoms with Crippen LogP contribution in [0.5, 0.6) is 0 Å². The van der Waals surface area contributed by atoms with Crippen molar-refractivity contribution in [2.45, 2.75) is 52.3 Å². The van der Waals surface area contributed by atoms with Crippen LogP contribution in [0.4, 0.5) is 0 Å². The first kappa shape index (κ1) is 11.5. The van der Waals surface area contributed by atoms with Gasteiger partial charge in [-0.3, -0.25) is 4.79 Å². The Kier molecular flexibility index (Phi) is 4.39. The lowest BCUT2D eigenvalue weighted by Gasteiger charge is -2.40. The van der Waals surface area contributed by atoms with E-state index in [4.69, 9.17) is 4.74 Å². The number of nitrogens with zero attached hydrogens (tertiary/aromatic N) is 1. The van der Waals surface area contributed by atoms with Gasteiger partial charge in [0, 0.05) is 12.6 Å². The number of hydrogen-bond donors (Lipinski definition) is 0. The summed E-state index contributed by atoms with van der Waals surface area (Å²) in [5, 5.41) is 0. The second-order valence-corrected chi connectivity index (χ2v) is 4.30. The van der Waals surface area contributed by atoms with Crippen molar-refractivity contribution < 1.29 is 9.53 Å². The third-order valence-corrected chi connectivity index (χ3v) is 2.83. The predicted octanol–water partition coefficient (Wildman–Crippen LogP) is 2.02. The number of amides is 1. The van der Waals surface area contributed by atoms with Crippen molar-refractivity contribution in [2.75, 3.05) is 6.61 Å². The van der Waals surface area contributed by atoms with Gasteiger partial charge in [0.2, 0.25) is 6.41 Å². The molecular formula is C11H21NO2. The molecule has 3 nitrogen and oxygen atoms in total. The fourth-order valence-electron chi connectivity index (χ4n) is 2.13. The van der Waals surface area contributed by atoms with E-state index in [1.165, 1.54) is 0 Å². The molecule has 0 N–H and O–H groups in total. The molecule has 0 radical (unpaired) electrons. The van der Waals surface area contributed by atoms with E-state index in [9.17, 15) is 4.79 Å². The quantitative estimate of drug-likeness (QED) is 0.648. The van der Waals surface area contributed by atoms with Gasteiger partial charge >= 0.3 is 0 Å². The molecule has 0 aromatic rings. The number of piperidine rings is 1. The lowest BCUT2D eigenvalue weighted by Crippen LogP contribution is -2.48. The van der Waals surface area contributed by atoms with Crippen LogP contribution in [-0.2, 0) is 9.53 Å². The standard InChI is InChI=1S/C11H21NO2/c1-4-5-14-11-7-9(2)6-10(3)12(11)8-13/h8-11H,4-7H2,1-3H3. The second kappa shape index (κ2) is 5.35. The fourth-order valence-corrected chi connectivity index (χ4v) is 2.13. The van der Waals surface area contributed by atoms with Crippen molar-refractivity contribution in [1.82, 2.24) is 4.90 Å². The largest absolute Gasteiger partial charge is 0.358 e. The first-order valence-corrected chi connectivity index (χ1v) is 5.53. The highest BCUT2D eigenvalue weighted by Gasteiger charge is 2.30. The van der Waals surface area contributed by atoms with E-state index in [1.54, 1.807) is 0 Å². The Bertz CT molecular complexity index is 184. The predicted molar refractivity (Wildman–Crippen MR) is 55.8 cm³/mol. The van der Waals surface area contributed by atoms with Gasteiger partial charge in [0.25, 0.3) is 0 Å². The van der Waals surface area contributed by atoms with E-state index in [0.29, 0.717) is 12.0 Å². The lowest BCUT2D eigenvalue weighted by atomic mass is 9.92. The monoisotopic (exact) mass is 199 g/mol. The Labute approximate surface area is 86.4 Å². The van der Waals surface area contributed by atoms with Crippen LogP contribution in [0, 0.1) is 5.92 Å². The maximum atomic E-state index is 10.9. The molecule has 1 fully saturated rings. The molecular weight excluding hydrogens is 178 g/mol. The minimum absolute atomic E-state index is 0.00574. The lowest BCUT2D eigenvalue weighted by molar-refractivity contribution is -0.147. The maximum Gasteiger partial charge on any atom is 0.211 e. The summed E-state index contributed by atoms with van der Waals surface area (Å²) in [6.45, 7) is 7.14. The highest BCUT2D eigenvalue weighted by Crippen LogP contribution is 2.26. The van der Waals surface area contributed by atoms with Crippen LogP contribution in [0.3, 0.4) is 0 Å². The second-order valence-electron chi connectivity index (χ2n) is 4.30. The van der Waals surface area contributed by atoms with Crippen molar-refractivity contribution in [3.05, 3.63) is 0 Å². The molecule has 1 aliphatic rings. The van der Waals surface area contributed by atoms with E-state index in [0.717, 1.165) is 32.3 Å². The molecule has 0 aromatic carbocycles. The molecule has 1 amide bonds. The van der Waals surface area contributed by atoms with E-state index in [2.05, 4.69) is 20.8 Å². The summed E-state index contributed by atoms with van der Waals surface area (Å²) in [6.07, 6.45) is 4.00. The molecule has 0 aliphatic carbocycles. The van der Waals surface area contributed by atoms with Gasteiger partial charge in [-0.05, 0) is 32.1 Å². The van der Waals surface area contributed by atoms with Crippen molar-refractivity contribution in [2.24, 2.45) is 5.92 Å². The van der Waals surface area contributed by atoms with Crippen LogP contribution in [0.25, 0.3) is 0 Å². The van der Waals surface area contributed by atoms with E-state index < -0.39 is 0 Å². The zero-order valence-corrected chi connectivity index (χ0v) is 9.40. The molecule has 0 bridgehead atoms. The third-order valence-electron chi connectivity index (χ3n) is 2.83. The van der Waals surface area contributed by atoms with Gasteiger partial charge in [-0.2, -0.15) is 0 Å². The molecule has 0 spiro atoms. The topological polar surface area (TPSA) is 29.5 Å². The van der Waals surface area contributed by atoms with Crippen molar-refractivity contribution in [3.63, 3.8) is 0 Å². The van der Waals surface area contributed by atoms with Crippen molar-refractivity contribution in [1.29, 1.82) is 0 Å². The SMILES string of the molecule is CCCOC1CC(C)CC(C)N1C=O. The van der Waals surface area contributed by atoms with Gasteiger partial charge in [0.15, 0.2) is 0 Å². The molecule has 14 heavy (non-hydrogen) atoms. The number of ether oxygens (including phenoxy) is 1. The maximum absolute atomic E-state index is 10.9. The Balaban J connectivity index is 2.53. The van der Waals surface area contributed by atoms with Crippen LogP contribution in [0.2, 0.25) is 0 Å². The summed E-state index contributed by atoms with van der Waals surface area (Å²) in [5.41, 5.74) is 0. The highest BCUT2D eigenvalue weighted by molar-refractivity contribution is 5.48. The number of likely N-dealkylation sites (tertiary alicyclic amines) is 1. The summed E-state index contributed by atoms with van der Waals surface area (Å²) in [7, 11) is 0. The van der Waals surface area contributed by atoms with Crippen molar-refractivity contribution in [3.8, 4) is 0 Å². The van der Waals surface area contributed by atoms with E-state index in [1.807, 2.05) is 4.90 Å². The van der Waals surface area contributed by atoms with Gasteiger partial charge in [0.05, 0.1) is 0 Å². The molecule has 1 saturated heterocycles. The molecule has 0 saturated carbocycles. The molecule has 1 aliphatic heterocycles. The molecule has 1 heterocycles. The molecule has 1 rings (SSSR count). The van der Waals surface area contributed by atoms with Gasteiger partial charge in [-0.25, -0.2) is 0 Å². The van der Waals surface area contributed by atoms with Gasteiger partial charge in [-0.15, -0.1) is 0 Å². The molecule has 3 heteroatoms. The first-order chi connectivity index (χ1) is 6.69. The number of rotatable bonds is 4. The molecule has 3 unspecified atom stereocenters. The summed E-state index contributed by atoms with van der Waals surface area (Å²) >= 11 is 0. The summed E-state index contributed by atoms with van der Waals surface area (Å²) in [5.74, 6) is 0.656. The van der Waals surface area contributed by atoms with E-state index in [-0.39, 0.29) is 6.23 Å². The zero-order chi connectivity index (χ0) is 10.6. The summed E-state index contributed by atoms with van der Waals surface area (Å²) in [4.78, 5) is 12.7. The summed E-state index contributed by atoms with van der Waals surface area (Å²) in [6, 6.07) is 0.318. The molecule has 82 valence electrons. The Morgan fingerprint density at radius 3 is 2.71 bits per heavy atom. The smallest absolute Gasteiger partial charge is 0.211 e. The highest BCUT2D eigenvalue weighted by atomic mass is 16.5. The Morgan fingerprint density at radius 2 is 2.14 bits per heavy atom. The zero-order valence-electron chi connectivity index (χ0n) is 9.40. The van der Waals surface area contributed by atoms with Crippen LogP contribution >= 0.6 is 0 Å². The molecule has 0 aromatic heterocycles. The van der Waals surface area contributed by atoms with Crippen LogP contribution in [-0.4, -0.2) is 30.2 Å². The van der Waals surface area contributed by atoms with Gasteiger partial charge < -0.3 is 9.64 Å². The van der Waals surface area contributed by atoms with Crippen LogP contribution in [0.15, 0.2) is 0 Å². The summed E-state index contributed by atoms with van der Waals surface area (Å²) < 4.78 is 5.67. The molecule has 3 atom stereocenters. The first-order valence-electron chi connectivity index (χ1n) is 5.53. The van der Waals surface area contributed by atoms with Gasteiger partial charge in [-0.1, -0.05) is 13.8 Å². The number of carbonyl (C=O) groups excluding carboxylic acids is 1. The van der Waals surface area contributed by atoms with Crippen LogP contribution < -0.4 is 0 Å². The average molecular weight is 199 g/mol. The number of carbonyl (C=O) groups is 1. The third kappa shape index (κ3) is 2.71. The van der Waals surface area contributed by atoms with Crippen LogP contribution in [0.1, 0.15) is 40.0 Å².